The number of nitrogens with one attached hydrogen (secondary N) is 1. The lowest BCUT2D eigenvalue weighted by Crippen LogP contribution is -2.62. The Morgan fingerprint density at radius 1 is 1.24 bits per heavy atom. The summed E-state index contributed by atoms with van der Waals surface area (Å²) in [5.41, 5.74) is 15.9. The Morgan fingerprint density at radius 3 is 2.47 bits per heavy atom. The van der Waals surface area contributed by atoms with E-state index in [4.69, 9.17) is 17.2 Å². The molecule has 4 rings (SSSR count). The number of amides is 3. The number of thioether (sulfide) groups is 1. The van der Waals surface area contributed by atoms with Crippen molar-refractivity contribution in [1.82, 2.24) is 15.1 Å². The van der Waals surface area contributed by atoms with E-state index in [0.29, 0.717) is 43.8 Å². The van der Waals surface area contributed by atoms with Crippen LogP contribution in [0.4, 0.5) is 0 Å². The molecule has 210 valence electrons. The third kappa shape index (κ3) is 5.08. The predicted molar refractivity (Wildman–Crippen MR) is 140 cm³/mol. The van der Waals surface area contributed by atoms with Gasteiger partial charge in [-0.3, -0.25) is 19.2 Å². The molecule has 3 amide bonds. The van der Waals surface area contributed by atoms with Gasteiger partial charge in [0.15, 0.2) is 0 Å². The number of nitrogens with two attached hydrogens (primary N) is 3. The third-order valence-electron chi connectivity index (χ3n) is 8.52. The van der Waals surface area contributed by atoms with Crippen molar-refractivity contribution in [3.05, 3.63) is 10.6 Å². The molecular formula is C25H38N6O6S. The van der Waals surface area contributed by atoms with E-state index in [9.17, 15) is 29.1 Å². The smallest absolute Gasteiger partial charge is 0.353 e. The van der Waals surface area contributed by atoms with Gasteiger partial charge in [-0.1, -0.05) is 13.8 Å². The minimum Gasteiger partial charge on any atom is -0.477 e. The number of fused-ring (bicyclic) bond motifs is 1. The second-order valence-corrected chi connectivity index (χ2v) is 12.4. The number of ketones is 1. The number of carboxylic acid groups (broad SMARTS) is 1. The number of likely N-dealkylation sites (tertiary alicyclic amines) is 1. The monoisotopic (exact) mass is 550 g/mol. The van der Waals surface area contributed by atoms with Gasteiger partial charge in [-0.05, 0) is 31.7 Å². The molecule has 0 aromatic rings. The van der Waals surface area contributed by atoms with Gasteiger partial charge in [0.2, 0.25) is 17.7 Å². The molecule has 3 saturated heterocycles. The van der Waals surface area contributed by atoms with Crippen LogP contribution < -0.4 is 22.5 Å². The molecule has 0 aromatic heterocycles. The van der Waals surface area contributed by atoms with Gasteiger partial charge in [0, 0.05) is 48.5 Å². The molecule has 4 aliphatic heterocycles. The zero-order valence-corrected chi connectivity index (χ0v) is 22.7. The lowest BCUT2D eigenvalue weighted by atomic mass is 9.73. The Morgan fingerprint density at radius 2 is 1.89 bits per heavy atom. The largest absolute Gasteiger partial charge is 0.477 e. The highest BCUT2D eigenvalue weighted by Crippen LogP contribution is 2.53. The molecule has 3 fully saturated rings. The molecule has 0 aromatic carbocycles. The number of piperidine rings is 1. The van der Waals surface area contributed by atoms with E-state index in [0.717, 1.165) is 0 Å². The van der Waals surface area contributed by atoms with E-state index in [2.05, 4.69) is 5.32 Å². The Kier molecular flexibility index (Phi) is 8.22. The maximum absolute atomic E-state index is 13.1. The van der Waals surface area contributed by atoms with Gasteiger partial charge in [0.05, 0.1) is 23.5 Å². The number of Topliss-reactive ketones (excluding diaryl/α,β-unsaturated/α-hetero) is 1. The number of primary amides is 1. The number of rotatable bonds is 10. The molecule has 8 N–H and O–H groups in total. The van der Waals surface area contributed by atoms with Crippen molar-refractivity contribution in [1.29, 1.82) is 0 Å². The molecule has 0 spiro atoms. The Hall–Kier alpha value is -2.48. The minimum absolute atomic E-state index is 0.00568. The molecule has 4 aliphatic rings. The van der Waals surface area contributed by atoms with Gasteiger partial charge in [-0.25, -0.2) is 4.79 Å². The summed E-state index contributed by atoms with van der Waals surface area (Å²) in [5, 5.41) is 13.2. The van der Waals surface area contributed by atoms with Gasteiger partial charge >= 0.3 is 5.97 Å². The van der Waals surface area contributed by atoms with Crippen LogP contribution in [0.1, 0.15) is 46.0 Å². The van der Waals surface area contributed by atoms with Gasteiger partial charge in [-0.15, -0.1) is 11.8 Å². The number of nitrogens with zero attached hydrogens (tertiary/aromatic N) is 2. The molecule has 0 bridgehead atoms. The van der Waals surface area contributed by atoms with Crippen molar-refractivity contribution < 1.29 is 29.1 Å². The van der Waals surface area contributed by atoms with E-state index < -0.39 is 29.4 Å². The number of aliphatic carboxylic acids is 1. The van der Waals surface area contributed by atoms with E-state index >= 15 is 0 Å². The molecular weight excluding hydrogens is 512 g/mol. The first-order chi connectivity index (χ1) is 17.9. The quantitative estimate of drug-likeness (QED) is 0.209. The molecule has 0 unspecified atom stereocenters. The molecule has 6 atom stereocenters. The fourth-order valence-electron chi connectivity index (χ4n) is 6.27. The number of carbonyl (C=O) groups is 5. The fraction of sp³-hybridized carbons (Fsp3) is 0.720. The van der Waals surface area contributed by atoms with Crippen molar-refractivity contribution in [2.45, 2.75) is 68.8 Å². The van der Waals surface area contributed by atoms with E-state index in [1.807, 2.05) is 13.8 Å². The second kappa shape index (κ2) is 10.9. The number of hydrogen-bond donors (Lipinski definition) is 5. The van der Waals surface area contributed by atoms with Crippen LogP contribution in [0.15, 0.2) is 10.6 Å². The van der Waals surface area contributed by atoms with E-state index in [1.165, 1.54) is 16.7 Å². The third-order valence-corrected chi connectivity index (χ3v) is 10.0. The lowest BCUT2D eigenvalue weighted by molar-refractivity contribution is -0.160. The average molecular weight is 551 g/mol. The van der Waals surface area contributed by atoms with Gasteiger partial charge in [0.1, 0.15) is 11.5 Å². The summed E-state index contributed by atoms with van der Waals surface area (Å²) in [6.07, 6.45) is 1.65. The summed E-state index contributed by atoms with van der Waals surface area (Å²) in [5.74, 6) is -2.83. The van der Waals surface area contributed by atoms with Crippen molar-refractivity contribution in [2.24, 2.45) is 35.0 Å². The van der Waals surface area contributed by atoms with Crippen molar-refractivity contribution in [3.8, 4) is 0 Å². The van der Waals surface area contributed by atoms with Crippen LogP contribution in [0.5, 0.6) is 0 Å². The first-order valence-corrected chi connectivity index (χ1v) is 14.1. The van der Waals surface area contributed by atoms with Crippen LogP contribution in [0.2, 0.25) is 0 Å². The van der Waals surface area contributed by atoms with E-state index in [-0.39, 0.29) is 65.8 Å². The van der Waals surface area contributed by atoms with Crippen molar-refractivity contribution in [2.75, 3.05) is 26.2 Å². The van der Waals surface area contributed by atoms with Gasteiger partial charge < -0.3 is 37.4 Å². The van der Waals surface area contributed by atoms with Crippen LogP contribution in [0.3, 0.4) is 0 Å². The van der Waals surface area contributed by atoms with Crippen molar-refractivity contribution >= 4 is 41.2 Å². The number of β-lactam (4-membered cyclic amide) rings is 1. The fourth-order valence-corrected chi connectivity index (χ4v) is 7.75. The number of carbonyl (C=O) groups excluding carboxylic acids is 4. The molecule has 12 nitrogen and oxygen atoms in total. The van der Waals surface area contributed by atoms with Crippen LogP contribution in [-0.2, 0) is 24.0 Å². The highest BCUT2D eigenvalue weighted by Gasteiger charge is 2.60. The zero-order chi connectivity index (χ0) is 27.9. The van der Waals surface area contributed by atoms with E-state index in [1.54, 1.807) is 4.90 Å². The summed E-state index contributed by atoms with van der Waals surface area (Å²) in [4.78, 5) is 65.9. The standard InChI is InChI=1S/C25H38N6O6S/c1-12(9-14(32)3-6-26)17-18-13(2)20(19(23(35)36)31(18)22(17)34)38-15-10-16(29-11-15)21(33)30-7-4-25(28,5-8-30)24(27)37/h12-13,15-18,29H,3-11,26,28H2,1-2H3,(H2,27,37)(H,35,36)/t12-,13+,15-,16-,17+,18+/m0/s1. The SMILES string of the molecule is C[C@@H](CC(=O)CCN)[C@H]1C(=O)N2C(C(=O)O)=C(S[C@@H]3CN[C@H](C(=O)N4CCC(N)(C(N)=O)CC4)C3)[C@H](C)[C@H]12. The Bertz CT molecular complexity index is 1060. The maximum Gasteiger partial charge on any atom is 0.353 e. The minimum atomic E-state index is -1.15. The number of carboxylic acids is 1. The zero-order valence-electron chi connectivity index (χ0n) is 21.9. The predicted octanol–water partition coefficient (Wildman–Crippen LogP) is -1.03. The van der Waals surface area contributed by atoms with Crippen molar-refractivity contribution in [3.63, 3.8) is 0 Å². The van der Waals surface area contributed by atoms with Crippen LogP contribution in [0, 0.1) is 17.8 Å². The average Bonchev–Trinajstić information content (AvgIpc) is 3.41. The first kappa shape index (κ1) is 28.5. The summed E-state index contributed by atoms with van der Waals surface area (Å²) in [7, 11) is 0. The summed E-state index contributed by atoms with van der Waals surface area (Å²) >= 11 is 1.42. The first-order valence-electron chi connectivity index (χ1n) is 13.2. The molecule has 0 aliphatic carbocycles. The Labute approximate surface area is 226 Å². The lowest BCUT2D eigenvalue weighted by Gasteiger charge is -2.47. The normalized spacial score (nSPS) is 31.2. The molecule has 13 heteroatoms. The number of hydrogen-bond acceptors (Lipinski definition) is 9. The topological polar surface area (TPSA) is 202 Å². The highest BCUT2D eigenvalue weighted by atomic mass is 32.2. The molecule has 0 saturated carbocycles. The van der Waals surface area contributed by atoms with Crippen LogP contribution in [-0.4, -0.2) is 93.4 Å². The van der Waals surface area contributed by atoms with Crippen LogP contribution in [0.25, 0.3) is 0 Å². The molecule has 0 radical (unpaired) electrons. The Balaban J connectivity index is 1.39. The second-order valence-electron chi connectivity index (χ2n) is 11.1. The molecule has 4 heterocycles. The van der Waals surface area contributed by atoms with Gasteiger partial charge in [0.25, 0.3) is 0 Å². The molecule has 38 heavy (non-hydrogen) atoms. The van der Waals surface area contributed by atoms with Crippen LogP contribution >= 0.6 is 11.8 Å². The highest BCUT2D eigenvalue weighted by molar-refractivity contribution is 8.03. The summed E-state index contributed by atoms with van der Waals surface area (Å²) in [6, 6.07) is -0.712. The summed E-state index contributed by atoms with van der Waals surface area (Å²) in [6.45, 7) is 5.28. The van der Waals surface area contributed by atoms with Gasteiger partial charge in [-0.2, -0.15) is 0 Å². The maximum atomic E-state index is 13.1. The summed E-state index contributed by atoms with van der Waals surface area (Å²) < 4.78 is 0.